The van der Waals surface area contributed by atoms with Gasteiger partial charge < -0.3 is 10.2 Å². The first kappa shape index (κ1) is 29.8. The second-order valence-electron chi connectivity index (χ2n) is 11.4. The van der Waals surface area contributed by atoms with E-state index in [-0.39, 0.29) is 61.4 Å². The molecular formula is C31H35Cl2N3O4. The number of carbonyl (C=O) groups is 4. The van der Waals surface area contributed by atoms with E-state index in [0.29, 0.717) is 28.5 Å². The number of rotatable bonds is 9. The lowest BCUT2D eigenvalue weighted by Crippen LogP contribution is -2.54. The molecule has 0 unspecified atom stereocenters. The van der Waals surface area contributed by atoms with E-state index in [4.69, 9.17) is 23.2 Å². The van der Waals surface area contributed by atoms with E-state index >= 15 is 0 Å². The zero-order chi connectivity index (χ0) is 29.0. The molecule has 0 saturated carbocycles. The first-order valence-corrected chi connectivity index (χ1v) is 14.3. The van der Waals surface area contributed by atoms with Gasteiger partial charge in [0, 0.05) is 31.5 Å². The molecule has 2 aromatic rings. The van der Waals surface area contributed by atoms with E-state index in [1.165, 1.54) is 9.80 Å². The summed E-state index contributed by atoms with van der Waals surface area (Å²) in [7, 11) is 0. The molecule has 4 rings (SSSR count). The lowest BCUT2D eigenvalue weighted by molar-refractivity contribution is -0.144. The van der Waals surface area contributed by atoms with Crippen LogP contribution in [-0.2, 0) is 32.1 Å². The van der Waals surface area contributed by atoms with Crippen LogP contribution in [0, 0.1) is 11.8 Å². The summed E-state index contributed by atoms with van der Waals surface area (Å²) in [5.41, 5.74) is 1.07. The number of fused-ring (bicyclic) bond motifs is 1. The van der Waals surface area contributed by atoms with E-state index in [1.807, 2.05) is 63.3 Å². The van der Waals surface area contributed by atoms with E-state index in [9.17, 15) is 19.2 Å². The highest BCUT2D eigenvalue weighted by Crippen LogP contribution is 2.35. The Morgan fingerprint density at radius 3 is 2.15 bits per heavy atom. The first-order valence-electron chi connectivity index (χ1n) is 13.5. The van der Waals surface area contributed by atoms with Gasteiger partial charge in [0.15, 0.2) is 0 Å². The maximum atomic E-state index is 13.9. The average molecular weight is 585 g/mol. The Balaban J connectivity index is 1.62. The third kappa shape index (κ3) is 7.12. The molecule has 1 heterocycles. The molecule has 1 aliphatic heterocycles. The predicted molar refractivity (Wildman–Crippen MR) is 156 cm³/mol. The molecule has 3 atom stereocenters. The van der Waals surface area contributed by atoms with Crippen LogP contribution >= 0.6 is 23.2 Å². The van der Waals surface area contributed by atoms with Crippen molar-refractivity contribution in [2.45, 2.75) is 64.6 Å². The number of imide groups is 1. The largest absolute Gasteiger partial charge is 0.350 e. The number of nitrogens with one attached hydrogen (secondary N) is 1. The van der Waals surface area contributed by atoms with Crippen molar-refractivity contribution in [1.82, 2.24) is 15.1 Å². The standard InChI is InChI=1S/C31H35Cl2N3O4/c1-31(2,3)34-28(38)26(18-20-9-5-4-6-10-20)36(19-21-13-14-24(32)25(33)17-21)27(37)15-16-35-29(39)22-11-7-8-12-23(22)30(35)40/h4-10,13-14,17,22-23,26H,11-12,15-16,18-19H2,1-3H3,(H,34,38)/t22-,23+,26-/m1/s1. The average Bonchev–Trinajstić information content (AvgIpc) is 3.15. The monoisotopic (exact) mass is 583 g/mol. The Hall–Kier alpha value is -3.16. The molecule has 1 N–H and O–H groups in total. The fourth-order valence-corrected chi connectivity index (χ4v) is 5.60. The Kier molecular flexibility index (Phi) is 9.37. The van der Waals surface area contributed by atoms with E-state index in [2.05, 4.69) is 5.32 Å². The molecule has 7 nitrogen and oxygen atoms in total. The molecule has 1 fully saturated rings. The molecule has 212 valence electrons. The Morgan fingerprint density at radius 2 is 1.57 bits per heavy atom. The Morgan fingerprint density at radius 1 is 0.950 bits per heavy atom. The number of nitrogens with zero attached hydrogens (tertiary/aromatic N) is 2. The number of hydrogen-bond acceptors (Lipinski definition) is 4. The van der Waals surface area contributed by atoms with Crippen molar-refractivity contribution >= 4 is 46.8 Å². The quantitative estimate of drug-likeness (QED) is 0.325. The summed E-state index contributed by atoms with van der Waals surface area (Å²) >= 11 is 12.4. The predicted octanol–water partition coefficient (Wildman–Crippen LogP) is 5.19. The molecule has 0 radical (unpaired) electrons. The maximum Gasteiger partial charge on any atom is 0.243 e. The van der Waals surface area contributed by atoms with Gasteiger partial charge in [-0.3, -0.25) is 24.1 Å². The molecule has 0 spiro atoms. The SMILES string of the molecule is CC(C)(C)NC(=O)[C@@H](Cc1ccccc1)N(Cc1ccc(Cl)c(Cl)c1)C(=O)CCN1C(=O)[C@H]2CC=CC[C@H]2C1=O. The van der Waals surface area contributed by atoms with Gasteiger partial charge >= 0.3 is 0 Å². The number of carbonyl (C=O) groups excluding carboxylic acids is 4. The van der Waals surface area contributed by atoms with Crippen LogP contribution in [0.1, 0.15) is 51.2 Å². The van der Waals surface area contributed by atoms with Crippen molar-refractivity contribution in [3.8, 4) is 0 Å². The van der Waals surface area contributed by atoms with Crippen LogP contribution in [0.3, 0.4) is 0 Å². The third-order valence-electron chi connectivity index (χ3n) is 7.25. The normalized spacial score (nSPS) is 19.4. The summed E-state index contributed by atoms with van der Waals surface area (Å²) < 4.78 is 0. The second-order valence-corrected chi connectivity index (χ2v) is 12.3. The number of hydrogen-bond donors (Lipinski definition) is 1. The number of amides is 4. The molecule has 0 bridgehead atoms. The number of allylic oxidation sites excluding steroid dienone is 2. The van der Waals surface area contributed by atoms with Gasteiger partial charge in [0.25, 0.3) is 0 Å². The van der Waals surface area contributed by atoms with Gasteiger partial charge in [-0.15, -0.1) is 0 Å². The van der Waals surface area contributed by atoms with Gasteiger partial charge in [-0.1, -0.05) is 71.8 Å². The molecule has 1 saturated heterocycles. The minimum absolute atomic E-state index is 0.0275. The van der Waals surface area contributed by atoms with Crippen LogP contribution < -0.4 is 5.32 Å². The van der Waals surface area contributed by atoms with E-state index < -0.39 is 11.6 Å². The second kappa shape index (κ2) is 12.6. The van der Waals surface area contributed by atoms with Crippen LogP contribution in [0.4, 0.5) is 0 Å². The van der Waals surface area contributed by atoms with Gasteiger partial charge in [0.05, 0.1) is 21.9 Å². The smallest absolute Gasteiger partial charge is 0.243 e. The van der Waals surface area contributed by atoms with E-state index in [1.54, 1.807) is 18.2 Å². The first-order chi connectivity index (χ1) is 18.9. The molecule has 1 aliphatic carbocycles. The van der Waals surface area contributed by atoms with Crippen molar-refractivity contribution in [2.75, 3.05) is 6.54 Å². The zero-order valence-electron chi connectivity index (χ0n) is 23.0. The summed E-state index contributed by atoms with van der Waals surface area (Å²) in [5, 5.41) is 3.75. The van der Waals surface area contributed by atoms with Gasteiger partial charge in [-0.25, -0.2) is 0 Å². The van der Waals surface area contributed by atoms with Gasteiger partial charge in [0.1, 0.15) is 6.04 Å². The van der Waals surface area contributed by atoms with Crippen LogP contribution in [0.25, 0.3) is 0 Å². The fraction of sp³-hybridized carbons (Fsp3) is 0.419. The van der Waals surface area contributed by atoms with Crippen molar-refractivity contribution in [1.29, 1.82) is 0 Å². The summed E-state index contributed by atoms with van der Waals surface area (Å²) in [4.78, 5) is 56.3. The molecule has 2 aromatic carbocycles. The van der Waals surface area contributed by atoms with Crippen molar-refractivity contribution in [2.24, 2.45) is 11.8 Å². The Bertz CT molecular complexity index is 1280. The van der Waals surface area contributed by atoms with Gasteiger partial charge in [-0.05, 0) is 56.9 Å². The molecule has 4 amide bonds. The number of halogens is 2. The van der Waals surface area contributed by atoms with Crippen molar-refractivity contribution in [3.63, 3.8) is 0 Å². The summed E-state index contributed by atoms with van der Waals surface area (Å²) in [6.07, 6.45) is 5.13. The topological polar surface area (TPSA) is 86.8 Å². The minimum Gasteiger partial charge on any atom is -0.350 e. The fourth-order valence-electron chi connectivity index (χ4n) is 5.28. The molecule has 2 aliphatic rings. The van der Waals surface area contributed by atoms with Gasteiger partial charge in [0.2, 0.25) is 23.6 Å². The number of benzene rings is 2. The molecule has 0 aromatic heterocycles. The highest BCUT2D eigenvalue weighted by atomic mass is 35.5. The van der Waals surface area contributed by atoms with Crippen LogP contribution in [-0.4, -0.2) is 51.6 Å². The Labute approximate surface area is 245 Å². The summed E-state index contributed by atoms with van der Waals surface area (Å²) in [6.45, 7) is 5.72. The highest BCUT2D eigenvalue weighted by molar-refractivity contribution is 6.42. The van der Waals surface area contributed by atoms with Gasteiger partial charge in [-0.2, -0.15) is 0 Å². The summed E-state index contributed by atoms with van der Waals surface area (Å²) in [6, 6.07) is 13.7. The van der Waals surface area contributed by atoms with Crippen molar-refractivity contribution in [3.05, 3.63) is 81.9 Å². The van der Waals surface area contributed by atoms with Crippen LogP contribution in [0.15, 0.2) is 60.7 Å². The highest BCUT2D eigenvalue weighted by Gasteiger charge is 2.47. The lowest BCUT2D eigenvalue weighted by Gasteiger charge is -2.34. The minimum atomic E-state index is -0.847. The summed E-state index contributed by atoms with van der Waals surface area (Å²) in [5.74, 6) is -1.81. The molecular weight excluding hydrogens is 549 g/mol. The lowest BCUT2D eigenvalue weighted by atomic mass is 9.85. The molecule has 40 heavy (non-hydrogen) atoms. The van der Waals surface area contributed by atoms with E-state index in [0.717, 1.165) is 5.56 Å². The molecule has 9 heteroatoms. The number of likely N-dealkylation sites (tertiary alicyclic amines) is 1. The van der Waals surface area contributed by atoms with Crippen LogP contribution in [0.5, 0.6) is 0 Å². The third-order valence-corrected chi connectivity index (χ3v) is 7.99. The zero-order valence-corrected chi connectivity index (χ0v) is 24.5. The van der Waals surface area contributed by atoms with Crippen molar-refractivity contribution < 1.29 is 19.2 Å². The maximum absolute atomic E-state index is 13.9. The van der Waals surface area contributed by atoms with Crippen LogP contribution in [0.2, 0.25) is 10.0 Å².